The number of carbonyl (C=O) groups is 2. The predicted octanol–water partition coefficient (Wildman–Crippen LogP) is 0.699. The fourth-order valence-corrected chi connectivity index (χ4v) is 2.82. The molecule has 0 aliphatic carbocycles. The molecule has 2 fully saturated rings. The minimum absolute atomic E-state index is 0.200. The van der Waals surface area contributed by atoms with Crippen molar-refractivity contribution in [2.45, 2.75) is 32.1 Å². The van der Waals surface area contributed by atoms with Crippen LogP contribution in [0, 0.1) is 11.8 Å². The summed E-state index contributed by atoms with van der Waals surface area (Å²) in [5, 5.41) is 12.2. The van der Waals surface area contributed by atoms with E-state index in [0.29, 0.717) is 38.3 Å². The Morgan fingerprint density at radius 3 is 2.50 bits per heavy atom. The van der Waals surface area contributed by atoms with Crippen molar-refractivity contribution in [2.75, 3.05) is 26.2 Å². The largest absolute Gasteiger partial charge is 0.481 e. The topological polar surface area (TPSA) is 69.6 Å². The molecule has 0 spiro atoms. The van der Waals surface area contributed by atoms with Crippen molar-refractivity contribution in [1.29, 1.82) is 0 Å². The van der Waals surface area contributed by atoms with Crippen LogP contribution in [0.15, 0.2) is 0 Å². The van der Waals surface area contributed by atoms with Gasteiger partial charge in [0, 0.05) is 19.5 Å². The Hall–Kier alpha value is -1.10. The molecule has 1 atom stereocenters. The van der Waals surface area contributed by atoms with Gasteiger partial charge in [0.05, 0.1) is 5.92 Å². The Morgan fingerprint density at radius 2 is 1.94 bits per heavy atom. The van der Waals surface area contributed by atoms with Gasteiger partial charge in [-0.25, -0.2) is 0 Å². The molecule has 5 nitrogen and oxygen atoms in total. The summed E-state index contributed by atoms with van der Waals surface area (Å²) >= 11 is 0. The quantitative estimate of drug-likeness (QED) is 0.775. The van der Waals surface area contributed by atoms with Crippen LogP contribution in [0.1, 0.15) is 32.1 Å². The van der Waals surface area contributed by atoms with Gasteiger partial charge in [-0.1, -0.05) is 0 Å². The first-order valence-corrected chi connectivity index (χ1v) is 6.88. The molecule has 0 aromatic rings. The number of hydrogen-bond donors (Lipinski definition) is 2. The molecule has 0 aromatic carbocycles. The van der Waals surface area contributed by atoms with Crippen molar-refractivity contribution in [3.05, 3.63) is 0 Å². The third-order valence-corrected chi connectivity index (χ3v) is 4.13. The number of carbonyl (C=O) groups excluding carboxylic acids is 1. The lowest BCUT2D eigenvalue weighted by Gasteiger charge is -2.30. The minimum atomic E-state index is -0.723. The molecule has 2 saturated heterocycles. The normalized spacial score (nSPS) is 25.3. The minimum Gasteiger partial charge on any atom is -0.481 e. The number of carboxylic acids is 1. The molecule has 2 aliphatic rings. The third-order valence-electron chi connectivity index (χ3n) is 4.13. The van der Waals surface area contributed by atoms with Crippen LogP contribution in [0.2, 0.25) is 0 Å². The van der Waals surface area contributed by atoms with E-state index in [0.717, 1.165) is 19.5 Å². The van der Waals surface area contributed by atoms with E-state index in [2.05, 4.69) is 5.32 Å². The van der Waals surface area contributed by atoms with Crippen molar-refractivity contribution >= 4 is 11.9 Å². The van der Waals surface area contributed by atoms with Gasteiger partial charge in [0.25, 0.3) is 0 Å². The molecule has 0 saturated carbocycles. The van der Waals surface area contributed by atoms with E-state index in [4.69, 9.17) is 5.11 Å². The number of likely N-dealkylation sites (tertiary alicyclic amines) is 1. The van der Waals surface area contributed by atoms with E-state index < -0.39 is 5.97 Å². The third kappa shape index (κ3) is 3.45. The Labute approximate surface area is 108 Å². The summed E-state index contributed by atoms with van der Waals surface area (Å²) in [5.41, 5.74) is 0. The predicted molar refractivity (Wildman–Crippen MR) is 67.2 cm³/mol. The highest BCUT2D eigenvalue weighted by atomic mass is 16.4. The Bertz CT molecular complexity index is 305. The van der Waals surface area contributed by atoms with Gasteiger partial charge in [0.2, 0.25) is 5.91 Å². The van der Waals surface area contributed by atoms with Crippen LogP contribution in [0.4, 0.5) is 0 Å². The van der Waals surface area contributed by atoms with Crippen LogP contribution in [-0.4, -0.2) is 48.1 Å². The molecule has 0 aromatic heterocycles. The van der Waals surface area contributed by atoms with Crippen LogP contribution < -0.4 is 5.32 Å². The van der Waals surface area contributed by atoms with Gasteiger partial charge in [-0.3, -0.25) is 9.59 Å². The van der Waals surface area contributed by atoms with Crippen molar-refractivity contribution in [1.82, 2.24) is 10.2 Å². The lowest BCUT2D eigenvalue weighted by Crippen LogP contribution is -2.40. The highest BCUT2D eigenvalue weighted by molar-refractivity contribution is 5.77. The van der Waals surface area contributed by atoms with Crippen LogP contribution in [0.3, 0.4) is 0 Å². The first-order chi connectivity index (χ1) is 8.66. The van der Waals surface area contributed by atoms with Crippen LogP contribution in [-0.2, 0) is 9.59 Å². The molecular weight excluding hydrogens is 232 g/mol. The molecular formula is C13H22N2O3. The lowest BCUT2D eigenvalue weighted by molar-refractivity contribution is -0.145. The second kappa shape index (κ2) is 6.18. The molecule has 1 amide bonds. The number of amides is 1. The second-order valence-corrected chi connectivity index (χ2v) is 5.39. The van der Waals surface area contributed by atoms with Crippen molar-refractivity contribution in [3.63, 3.8) is 0 Å². The van der Waals surface area contributed by atoms with Gasteiger partial charge in [-0.15, -0.1) is 0 Å². The molecule has 2 rings (SSSR count). The molecule has 102 valence electrons. The second-order valence-electron chi connectivity index (χ2n) is 5.39. The first kappa shape index (κ1) is 13.3. The fraction of sp³-hybridized carbons (Fsp3) is 0.846. The van der Waals surface area contributed by atoms with Crippen LogP contribution in [0.5, 0.6) is 0 Å². The zero-order valence-electron chi connectivity index (χ0n) is 10.7. The van der Waals surface area contributed by atoms with E-state index in [-0.39, 0.29) is 11.8 Å². The molecule has 1 unspecified atom stereocenters. The number of piperidine rings is 1. The average molecular weight is 254 g/mol. The maximum absolute atomic E-state index is 12.0. The molecule has 5 heteroatoms. The molecule has 2 aliphatic heterocycles. The van der Waals surface area contributed by atoms with Crippen molar-refractivity contribution in [3.8, 4) is 0 Å². The number of aliphatic carboxylic acids is 1. The van der Waals surface area contributed by atoms with E-state index >= 15 is 0 Å². The summed E-state index contributed by atoms with van der Waals surface area (Å²) in [5.74, 6) is -0.136. The highest BCUT2D eigenvalue weighted by Gasteiger charge is 2.27. The van der Waals surface area contributed by atoms with Gasteiger partial charge in [-0.2, -0.15) is 0 Å². The van der Waals surface area contributed by atoms with E-state index in [1.165, 1.54) is 6.42 Å². The van der Waals surface area contributed by atoms with Gasteiger partial charge < -0.3 is 15.3 Å². The van der Waals surface area contributed by atoms with Gasteiger partial charge in [-0.05, 0) is 44.7 Å². The summed E-state index contributed by atoms with van der Waals surface area (Å²) < 4.78 is 0. The zero-order valence-corrected chi connectivity index (χ0v) is 10.7. The standard InChI is InChI=1S/C13H22N2O3/c16-12(2-1-10-3-6-14-9-10)15-7-4-11(5-8-15)13(17)18/h10-11,14H,1-9H2,(H,17,18). The lowest BCUT2D eigenvalue weighted by atomic mass is 9.96. The average Bonchev–Trinajstić information content (AvgIpc) is 2.89. The highest BCUT2D eigenvalue weighted by Crippen LogP contribution is 2.20. The van der Waals surface area contributed by atoms with E-state index in [1.807, 2.05) is 4.90 Å². The summed E-state index contributed by atoms with van der Waals surface area (Å²) in [4.78, 5) is 24.6. The summed E-state index contributed by atoms with van der Waals surface area (Å²) in [7, 11) is 0. The molecule has 0 radical (unpaired) electrons. The number of nitrogens with one attached hydrogen (secondary N) is 1. The molecule has 18 heavy (non-hydrogen) atoms. The van der Waals surface area contributed by atoms with E-state index in [9.17, 15) is 9.59 Å². The van der Waals surface area contributed by atoms with Gasteiger partial charge >= 0.3 is 5.97 Å². The number of rotatable bonds is 4. The van der Waals surface area contributed by atoms with Gasteiger partial charge in [0.1, 0.15) is 0 Å². The molecule has 2 heterocycles. The number of hydrogen-bond acceptors (Lipinski definition) is 3. The molecule has 2 N–H and O–H groups in total. The number of carboxylic acid groups (broad SMARTS) is 1. The number of nitrogens with zero attached hydrogens (tertiary/aromatic N) is 1. The van der Waals surface area contributed by atoms with Crippen molar-refractivity contribution in [2.24, 2.45) is 11.8 Å². The maximum Gasteiger partial charge on any atom is 0.306 e. The summed E-state index contributed by atoms with van der Waals surface area (Å²) in [6, 6.07) is 0. The Balaban J connectivity index is 1.68. The van der Waals surface area contributed by atoms with E-state index in [1.54, 1.807) is 0 Å². The zero-order chi connectivity index (χ0) is 13.0. The monoisotopic (exact) mass is 254 g/mol. The summed E-state index contributed by atoms with van der Waals surface area (Å²) in [6.07, 6.45) is 3.96. The van der Waals surface area contributed by atoms with Crippen molar-refractivity contribution < 1.29 is 14.7 Å². The summed E-state index contributed by atoms with van der Waals surface area (Å²) in [6.45, 7) is 3.33. The molecule has 0 bridgehead atoms. The van der Waals surface area contributed by atoms with Crippen LogP contribution in [0.25, 0.3) is 0 Å². The Morgan fingerprint density at radius 1 is 1.22 bits per heavy atom. The van der Waals surface area contributed by atoms with Gasteiger partial charge in [0.15, 0.2) is 0 Å². The fourth-order valence-electron chi connectivity index (χ4n) is 2.82. The smallest absolute Gasteiger partial charge is 0.306 e. The first-order valence-electron chi connectivity index (χ1n) is 6.88. The SMILES string of the molecule is O=C(O)C1CCN(C(=O)CCC2CCNC2)CC1. The maximum atomic E-state index is 12.0. The van der Waals surface area contributed by atoms with Crippen LogP contribution >= 0.6 is 0 Å². The Kier molecular flexibility index (Phi) is 4.58.